The van der Waals surface area contributed by atoms with Gasteiger partial charge in [-0.05, 0) is 41.7 Å². The number of nitrogen functional groups attached to an aromatic ring is 1. The first kappa shape index (κ1) is 17.4. The van der Waals surface area contributed by atoms with Gasteiger partial charge in [-0.2, -0.15) is 0 Å². The van der Waals surface area contributed by atoms with E-state index in [2.05, 4.69) is 47.1 Å². The van der Waals surface area contributed by atoms with Gasteiger partial charge in [0.1, 0.15) is 0 Å². The molecule has 26 heavy (non-hydrogen) atoms. The van der Waals surface area contributed by atoms with Crippen molar-refractivity contribution in [3.05, 3.63) is 59.2 Å². The van der Waals surface area contributed by atoms with Crippen LogP contribution in [0.25, 0.3) is 0 Å². The maximum atomic E-state index is 10.7. The Kier molecular flexibility index (Phi) is 4.88. The summed E-state index contributed by atoms with van der Waals surface area (Å²) >= 11 is 0. The summed E-state index contributed by atoms with van der Waals surface area (Å²) in [6.07, 6.45) is 2.32. The Morgan fingerprint density at radius 2 is 1.77 bits per heavy atom. The molecule has 0 spiro atoms. The first-order valence-electron chi connectivity index (χ1n) is 9.78. The number of hydrogen-bond acceptors (Lipinski definition) is 4. The van der Waals surface area contributed by atoms with Crippen LogP contribution in [0.15, 0.2) is 42.5 Å². The normalized spacial score (nSPS) is 23.7. The molecule has 4 heteroatoms. The Bertz CT molecular complexity index is 768. The molecule has 1 saturated heterocycles. The number of piperazine rings is 1. The fourth-order valence-electron chi connectivity index (χ4n) is 4.59. The van der Waals surface area contributed by atoms with Crippen LogP contribution >= 0.6 is 0 Å². The van der Waals surface area contributed by atoms with E-state index in [-0.39, 0.29) is 12.1 Å². The molecule has 4 rings (SSSR count). The summed E-state index contributed by atoms with van der Waals surface area (Å²) in [5.74, 6) is 0. The van der Waals surface area contributed by atoms with Gasteiger partial charge in [-0.25, -0.2) is 0 Å². The third-order valence-corrected chi connectivity index (χ3v) is 6.09. The van der Waals surface area contributed by atoms with Gasteiger partial charge in [0, 0.05) is 50.0 Å². The van der Waals surface area contributed by atoms with Crippen LogP contribution in [0.3, 0.4) is 0 Å². The molecule has 0 amide bonds. The maximum Gasteiger partial charge on any atom is 0.0739 e. The molecule has 1 heterocycles. The molecule has 2 aromatic carbocycles. The average molecular weight is 351 g/mol. The number of aliphatic hydroxyl groups excluding tert-OH is 1. The molecule has 0 aromatic heterocycles. The number of para-hydroxylation sites is 1. The second kappa shape index (κ2) is 7.29. The van der Waals surface area contributed by atoms with Crippen LogP contribution in [0.2, 0.25) is 0 Å². The van der Waals surface area contributed by atoms with Crippen molar-refractivity contribution in [2.45, 2.75) is 38.3 Å². The topological polar surface area (TPSA) is 52.7 Å². The van der Waals surface area contributed by atoms with Gasteiger partial charge >= 0.3 is 0 Å². The molecule has 0 bridgehead atoms. The average Bonchev–Trinajstić information content (AvgIpc) is 2.68. The van der Waals surface area contributed by atoms with Gasteiger partial charge < -0.3 is 15.7 Å². The van der Waals surface area contributed by atoms with Gasteiger partial charge in [0.2, 0.25) is 0 Å². The van der Waals surface area contributed by atoms with Crippen LogP contribution in [-0.2, 0) is 19.3 Å². The minimum atomic E-state index is -0.307. The number of nitrogens with zero attached hydrogens (tertiary/aromatic N) is 2. The fraction of sp³-hybridized carbons (Fsp3) is 0.455. The van der Waals surface area contributed by atoms with Crippen molar-refractivity contribution in [2.75, 3.05) is 36.8 Å². The summed E-state index contributed by atoms with van der Waals surface area (Å²) in [5, 5.41) is 10.7. The molecule has 0 radical (unpaired) electrons. The van der Waals surface area contributed by atoms with Crippen LogP contribution in [-0.4, -0.2) is 48.3 Å². The Morgan fingerprint density at radius 1 is 1.00 bits per heavy atom. The molecule has 2 aromatic rings. The lowest BCUT2D eigenvalue weighted by atomic mass is 9.84. The second-order valence-corrected chi connectivity index (χ2v) is 7.53. The molecule has 0 saturated carbocycles. The van der Waals surface area contributed by atoms with E-state index in [1.165, 1.54) is 22.4 Å². The molecule has 4 nitrogen and oxygen atoms in total. The summed E-state index contributed by atoms with van der Waals surface area (Å²) in [7, 11) is 0. The molecule has 2 unspecified atom stereocenters. The Morgan fingerprint density at radius 3 is 2.54 bits per heavy atom. The highest BCUT2D eigenvalue weighted by Crippen LogP contribution is 2.30. The van der Waals surface area contributed by atoms with Crippen LogP contribution in [0.4, 0.5) is 11.4 Å². The standard InChI is InChI=1S/C22H29N3O/c1-2-16-6-3-4-9-20(16)24-10-12-25(13-11-24)21-15-18-17(14-22(21)26)7-5-8-19(18)23/h3-9,21-22,26H,2,10-15,23H2,1H3. The van der Waals surface area contributed by atoms with E-state index < -0.39 is 0 Å². The molecule has 2 aliphatic rings. The van der Waals surface area contributed by atoms with E-state index in [1.807, 2.05) is 12.1 Å². The number of aliphatic hydroxyl groups is 1. The molecule has 1 fully saturated rings. The first-order chi connectivity index (χ1) is 12.7. The zero-order valence-corrected chi connectivity index (χ0v) is 15.6. The summed E-state index contributed by atoms with van der Waals surface area (Å²) < 4.78 is 0. The molecule has 138 valence electrons. The SMILES string of the molecule is CCc1ccccc1N1CCN(C2Cc3c(N)cccc3CC2O)CC1. The van der Waals surface area contributed by atoms with E-state index in [4.69, 9.17) is 5.73 Å². The van der Waals surface area contributed by atoms with Crippen LogP contribution in [0.1, 0.15) is 23.6 Å². The Balaban J connectivity index is 1.46. The van der Waals surface area contributed by atoms with E-state index in [9.17, 15) is 5.11 Å². The van der Waals surface area contributed by atoms with Gasteiger partial charge in [0.05, 0.1) is 6.10 Å². The predicted molar refractivity (Wildman–Crippen MR) is 108 cm³/mol. The quantitative estimate of drug-likeness (QED) is 0.834. The highest BCUT2D eigenvalue weighted by molar-refractivity contribution is 5.54. The van der Waals surface area contributed by atoms with E-state index in [1.54, 1.807) is 0 Å². The summed E-state index contributed by atoms with van der Waals surface area (Å²) in [6.45, 7) is 6.22. The van der Waals surface area contributed by atoms with Crippen LogP contribution in [0.5, 0.6) is 0 Å². The number of benzene rings is 2. The summed E-state index contributed by atoms with van der Waals surface area (Å²) in [5.41, 5.74) is 12.3. The predicted octanol–water partition coefficient (Wildman–Crippen LogP) is 2.48. The van der Waals surface area contributed by atoms with Crippen LogP contribution in [0, 0.1) is 0 Å². The fourth-order valence-corrected chi connectivity index (χ4v) is 4.59. The minimum absolute atomic E-state index is 0.177. The van der Waals surface area contributed by atoms with Crippen molar-refractivity contribution < 1.29 is 5.11 Å². The zero-order valence-electron chi connectivity index (χ0n) is 15.6. The number of nitrogens with two attached hydrogens (primary N) is 1. The largest absolute Gasteiger partial charge is 0.398 e. The van der Waals surface area contributed by atoms with Crippen molar-refractivity contribution in [2.24, 2.45) is 0 Å². The maximum absolute atomic E-state index is 10.7. The molecular formula is C22H29N3O. The molecule has 1 aliphatic heterocycles. The number of anilines is 2. The van der Waals surface area contributed by atoms with Gasteiger partial charge in [-0.3, -0.25) is 4.90 Å². The van der Waals surface area contributed by atoms with Crippen molar-refractivity contribution in [3.63, 3.8) is 0 Å². The number of hydrogen-bond donors (Lipinski definition) is 2. The third kappa shape index (κ3) is 3.19. The smallest absolute Gasteiger partial charge is 0.0739 e. The van der Waals surface area contributed by atoms with E-state index >= 15 is 0 Å². The molecule has 1 aliphatic carbocycles. The van der Waals surface area contributed by atoms with Gasteiger partial charge in [-0.15, -0.1) is 0 Å². The van der Waals surface area contributed by atoms with Crippen molar-refractivity contribution >= 4 is 11.4 Å². The molecule has 2 atom stereocenters. The third-order valence-electron chi connectivity index (χ3n) is 6.09. The Hall–Kier alpha value is -2.04. The van der Waals surface area contributed by atoms with Gasteiger partial charge in [0.15, 0.2) is 0 Å². The van der Waals surface area contributed by atoms with Crippen molar-refractivity contribution in [1.82, 2.24) is 4.90 Å². The zero-order chi connectivity index (χ0) is 18.1. The minimum Gasteiger partial charge on any atom is -0.398 e. The lowest BCUT2D eigenvalue weighted by molar-refractivity contribution is 0.0396. The van der Waals surface area contributed by atoms with E-state index in [0.717, 1.165) is 44.7 Å². The monoisotopic (exact) mass is 351 g/mol. The van der Waals surface area contributed by atoms with E-state index in [0.29, 0.717) is 6.42 Å². The lowest BCUT2D eigenvalue weighted by Gasteiger charge is -2.44. The lowest BCUT2D eigenvalue weighted by Crippen LogP contribution is -2.56. The first-order valence-corrected chi connectivity index (χ1v) is 9.78. The van der Waals surface area contributed by atoms with Crippen molar-refractivity contribution in [1.29, 1.82) is 0 Å². The van der Waals surface area contributed by atoms with Crippen LogP contribution < -0.4 is 10.6 Å². The molecule has 3 N–H and O–H groups in total. The summed E-state index contributed by atoms with van der Waals surface area (Å²) in [6, 6.07) is 15.0. The molecular weight excluding hydrogens is 322 g/mol. The second-order valence-electron chi connectivity index (χ2n) is 7.53. The highest BCUT2D eigenvalue weighted by Gasteiger charge is 2.34. The number of rotatable bonds is 3. The number of fused-ring (bicyclic) bond motifs is 1. The number of aryl methyl sites for hydroxylation is 1. The summed E-state index contributed by atoms with van der Waals surface area (Å²) in [4.78, 5) is 4.96. The van der Waals surface area contributed by atoms with Crippen molar-refractivity contribution in [3.8, 4) is 0 Å². The van der Waals surface area contributed by atoms with Gasteiger partial charge in [0.25, 0.3) is 0 Å². The van der Waals surface area contributed by atoms with Gasteiger partial charge in [-0.1, -0.05) is 37.3 Å². The Labute approximate surface area is 156 Å². The highest BCUT2D eigenvalue weighted by atomic mass is 16.3.